The molecule has 5 nitrogen and oxygen atoms in total. The topological polar surface area (TPSA) is 67.4 Å². The number of carbonyl (C=O) groups is 2. The van der Waals surface area contributed by atoms with Gasteiger partial charge in [0.15, 0.2) is 0 Å². The molecule has 2 saturated heterocycles. The van der Waals surface area contributed by atoms with Gasteiger partial charge in [0.25, 0.3) is 0 Å². The lowest BCUT2D eigenvalue weighted by Crippen LogP contribution is -2.51. The van der Waals surface area contributed by atoms with E-state index in [1.54, 1.807) is 0 Å². The molecular weight excluding hydrogens is 396 g/mol. The van der Waals surface area contributed by atoms with Crippen molar-refractivity contribution >= 4 is 35.2 Å². The highest BCUT2D eigenvalue weighted by molar-refractivity contribution is 8.00. The largest absolute Gasteiger partial charge is 0.377 e. The Labute approximate surface area is 178 Å². The molecule has 3 aliphatic rings. The van der Waals surface area contributed by atoms with Gasteiger partial charge in [-0.2, -0.15) is 11.8 Å². The number of thioether (sulfide) groups is 1. The molecule has 3 fully saturated rings. The van der Waals surface area contributed by atoms with Gasteiger partial charge >= 0.3 is 0 Å². The summed E-state index contributed by atoms with van der Waals surface area (Å²) in [5.74, 6) is 0.422. The molecule has 2 heterocycles. The van der Waals surface area contributed by atoms with Crippen molar-refractivity contribution in [2.24, 2.45) is 23.7 Å². The molecule has 0 spiro atoms. The van der Waals surface area contributed by atoms with Crippen LogP contribution in [0.15, 0.2) is 0 Å². The molecule has 1 aliphatic carbocycles. The summed E-state index contributed by atoms with van der Waals surface area (Å²) < 4.78 is 5.71. The summed E-state index contributed by atoms with van der Waals surface area (Å²) in [5.41, 5.74) is 0. The summed E-state index contributed by atoms with van der Waals surface area (Å²) >= 11 is 8.52. The summed E-state index contributed by atoms with van der Waals surface area (Å²) in [6, 6.07) is 0.213. The van der Waals surface area contributed by atoms with Crippen molar-refractivity contribution < 1.29 is 14.3 Å². The number of hydrogen-bond donors (Lipinski definition) is 2. The van der Waals surface area contributed by atoms with Crippen LogP contribution >= 0.6 is 23.4 Å². The highest BCUT2D eigenvalue weighted by Crippen LogP contribution is 2.43. The SMILES string of the molecule is CC1CC(C)C(CNC(=O)C2CC(Cl)CC(SC3CCOC3C)C2C)C(=O)N1. The van der Waals surface area contributed by atoms with Crippen molar-refractivity contribution in [2.45, 2.75) is 81.4 Å². The Morgan fingerprint density at radius 1 is 1.21 bits per heavy atom. The number of rotatable bonds is 5. The molecule has 2 amide bonds. The minimum absolute atomic E-state index is 0.0276. The lowest BCUT2D eigenvalue weighted by atomic mass is 9.78. The van der Waals surface area contributed by atoms with E-state index in [0.717, 1.165) is 25.9 Å². The average molecular weight is 431 g/mol. The van der Waals surface area contributed by atoms with Gasteiger partial charge in [-0.25, -0.2) is 0 Å². The molecule has 1 saturated carbocycles. The van der Waals surface area contributed by atoms with Crippen LogP contribution in [0.4, 0.5) is 0 Å². The average Bonchev–Trinajstić information content (AvgIpc) is 3.01. The maximum Gasteiger partial charge on any atom is 0.225 e. The van der Waals surface area contributed by atoms with Gasteiger partial charge in [0.1, 0.15) is 0 Å². The number of ether oxygens (including phenoxy) is 1. The number of halogens is 1. The lowest BCUT2D eigenvalue weighted by molar-refractivity contribution is -0.131. The molecule has 160 valence electrons. The highest BCUT2D eigenvalue weighted by Gasteiger charge is 2.41. The summed E-state index contributed by atoms with van der Waals surface area (Å²) in [6.45, 7) is 9.69. The molecule has 9 atom stereocenters. The van der Waals surface area contributed by atoms with E-state index in [2.05, 4.69) is 31.4 Å². The fourth-order valence-corrected chi connectivity index (χ4v) is 7.23. The van der Waals surface area contributed by atoms with Gasteiger partial charge in [-0.05, 0) is 51.4 Å². The van der Waals surface area contributed by atoms with Gasteiger partial charge in [-0.3, -0.25) is 9.59 Å². The number of nitrogens with one attached hydrogen (secondary N) is 2. The molecule has 0 bridgehead atoms. The Balaban J connectivity index is 1.56. The second kappa shape index (κ2) is 9.57. The number of alkyl halides is 1. The minimum Gasteiger partial charge on any atom is -0.377 e. The lowest BCUT2D eigenvalue weighted by Gasteiger charge is -2.39. The molecule has 28 heavy (non-hydrogen) atoms. The quantitative estimate of drug-likeness (QED) is 0.657. The first-order valence-electron chi connectivity index (χ1n) is 10.8. The molecule has 0 aromatic heterocycles. The first-order valence-corrected chi connectivity index (χ1v) is 12.1. The van der Waals surface area contributed by atoms with Crippen LogP contribution < -0.4 is 10.6 Å². The molecule has 7 heteroatoms. The Morgan fingerprint density at radius 3 is 2.61 bits per heavy atom. The highest BCUT2D eigenvalue weighted by atomic mass is 35.5. The van der Waals surface area contributed by atoms with Crippen LogP contribution in [0.1, 0.15) is 53.4 Å². The minimum atomic E-state index is -0.146. The van der Waals surface area contributed by atoms with Crippen molar-refractivity contribution in [1.29, 1.82) is 0 Å². The Morgan fingerprint density at radius 2 is 1.96 bits per heavy atom. The van der Waals surface area contributed by atoms with Crippen molar-refractivity contribution in [3.8, 4) is 0 Å². The van der Waals surface area contributed by atoms with Crippen LogP contribution in [0.5, 0.6) is 0 Å². The fourth-order valence-electron chi connectivity index (χ4n) is 4.98. The van der Waals surface area contributed by atoms with Gasteiger partial charge in [0, 0.05) is 41.0 Å². The van der Waals surface area contributed by atoms with E-state index in [9.17, 15) is 9.59 Å². The number of piperidine rings is 1. The van der Waals surface area contributed by atoms with Gasteiger partial charge in [0.2, 0.25) is 11.8 Å². The third kappa shape index (κ3) is 5.17. The predicted molar refractivity (Wildman–Crippen MR) is 115 cm³/mol. The summed E-state index contributed by atoms with van der Waals surface area (Å²) in [7, 11) is 0. The number of hydrogen-bond acceptors (Lipinski definition) is 4. The number of amides is 2. The van der Waals surface area contributed by atoms with Crippen LogP contribution in [0.25, 0.3) is 0 Å². The van der Waals surface area contributed by atoms with Crippen LogP contribution in [-0.2, 0) is 14.3 Å². The van der Waals surface area contributed by atoms with Gasteiger partial charge in [-0.15, -0.1) is 11.6 Å². The van der Waals surface area contributed by atoms with Crippen LogP contribution in [0.2, 0.25) is 0 Å². The molecule has 0 aromatic carbocycles. The standard InChI is InChI=1S/C21H35ClN2O3S/c1-11-7-12(2)24-21(26)17(11)10-23-20(25)16-8-15(22)9-19(13(16)3)28-18-5-6-27-14(18)4/h11-19H,5-10H2,1-4H3,(H,23,25)(H,24,26). The molecule has 0 aromatic rings. The third-order valence-corrected chi connectivity index (χ3v) is 9.14. The predicted octanol–water partition coefficient (Wildman–Crippen LogP) is 3.20. The maximum atomic E-state index is 13.0. The molecule has 0 radical (unpaired) electrons. The van der Waals surface area contributed by atoms with E-state index in [1.807, 2.05) is 18.7 Å². The van der Waals surface area contributed by atoms with Gasteiger partial charge in [0.05, 0.1) is 12.0 Å². The third-order valence-electron chi connectivity index (χ3n) is 6.85. The maximum absolute atomic E-state index is 13.0. The zero-order chi connectivity index (χ0) is 20.4. The van der Waals surface area contributed by atoms with Crippen molar-refractivity contribution in [2.75, 3.05) is 13.2 Å². The first-order chi connectivity index (χ1) is 13.3. The molecule has 2 aliphatic heterocycles. The van der Waals surface area contributed by atoms with Crippen LogP contribution in [-0.4, -0.2) is 53.0 Å². The number of carbonyl (C=O) groups excluding carboxylic acids is 2. The van der Waals surface area contributed by atoms with Crippen LogP contribution in [0.3, 0.4) is 0 Å². The van der Waals surface area contributed by atoms with Crippen molar-refractivity contribution in [1.82, 2.24) is 10.6 Å². The van der Waals surface area contributed by atoms with Crippen LogP contribution in [0, 0.1) is 23.7 Å². The zero-order valence-electron chi connectivity index (χ0n) is 17.4. The Kier molecular flexibility index (Phi) is 7.60. The van der Waals surface area contributed by atoms with Gasteiger partial charge in [-0.1, -0.05) is 13.8 Å². The van der Waals surface area contributed by atoms with E-state index < -0.39 is 0 Å². The zero-order valence-corrected chi connectivity index (χ0v) is 19.0. The fraction of sp³-hybridized carbons (Fsp3) is 0.905. The molecule has 3 rings (SSSR count). The van der Waals surface area contributed by atoms with E-state index in [0.29, 0.717) is 23.5 Å². The Bertz CT molecular complexity index is 578. The van der Waals surface area contributed by atoms with E-state index in [4.69, 9.17) is 16.3 Å². The van der Waals surface area contributed by atoms with Crippen molar-refractivity contribution in [3.05, 3.63) is 0 Å². The molecule has 2 N–H and O–H groups in total. The molecule has 9 unspecified atom stereocenters. The molecular formula is C21H35ClN2O3S. The van der Waals surface area contributed by atoms with Crippen molar-refractivity contribution in [3.63, 3.8) is 0 Å². The second-order valence-corrected chi connectivity index (χ2v) is 11.2. The monoisotopic (exact) mass is 430 g/mol. The summed E-state index contributed by atoms with van der Waals surface area (Å²) in [5, 5.41) is 6.98. The smallest absolute Gasteiger partial charge is 0.225 e. The second-order valence-electron chi connectivity index (χ2n) is 9.09. The first kappa shape index (κ1) is 22.2. The Hall–Kier alpha value is -0.460. The van der Waals surface area contributed by atoms with E-state index >= 15 is 0 Å². The van der Waals surface area contributed by atoms with E-state index in [1.165, 1.54) is 0 Å². The summed E-state index contributed by atoms with van der Waals surface area (Å²) in [4.78, 5) is 25.3. The summed E-state index contributed by atoms with van der Waals surface area (Å²) in [6.07, 6.45) is 3.96. The normalized spacial score (nSPS) is 44.2. The van der Waals surface area contributed by atoms with Gasteiger partial charge < -0.3 is 15.4 Å². The van der Waals surface area contributed by atoms with E-state index in [-0.39, 0.29) is 53.0 Å².